The monoisotopic (exact) mass is 254 g/mol. The van der Waals surface area contributed by atoms with Crippen molar-refractivity contribution in [3.8, 4) is 0 Å². The summed E-state index contributed by atoms with van der Waals surface area (Å²) in [6, 6.07) is 0. The number of nitrogens with zero attached hydrogens (tertiary/aromatic N) is 2. The van der Waals surface area contributed by atoms with Gasteiger partial charge in [-0.1, -0.05) is 0 Å². The van der Waals surface area contributed by atoms with Crippen LogP contribution in [0.25, 0.3) is 0 Å². The topological polar surface area (TPSA) is 52.1 Å². The van der Waals surface area contributed by atoms with Gasteiger partial charge in [-0.05, 0) is 6.92 Å². The summed E-state index contributed by atoms with van der Waals surface area (Å²) in [4.78, 5) is 19.7. The normalized spacial score (nSPS) is 10.4. The van der Waals surface area contributed by atoms with E-state index in [-0.39, 0.29) is 0 Å². The van der Waals surface area contributed by atoms with Crippen molar-refractivity contribution in [3.05, 3.63) is 32.2 Å². The lowest BCUT2D eigenvalue weighted by atomic mass is 10.3. The molecule has 0 aromatic carbocycles. The number of aromatic nitrogens is 2. The van der Waals surface area contributed by atoms with Gasteiger partial charge < -0.3 is 4.74 Å². The Kier molecular flexibility index (Phi) is 3.31. The van der Waals surface area contributed by atoms with Crippen molar-refractivity contribution in [1.29, 1.82) is 0 Å². The molecule has 0 saturated heterocycles. The summed E-state index contributed by atoms with van der Waals surface area (Å²) < 4.78 is 4.60. The molecule has 16 heavy (non-hydrogen) atoms. The summed E-state index contributed by atoms with van der Waals surface area (Å²) in [7, 11) is 1.35. The Morgan fingerprint density at radius 1 is 1.38 bits per heavy atom. The van der Waals surface area contributed by atoms with Gasteiger partial charge in [0.25, 0.3) is 0 Å². The Morgan fingerprint density at radius 3 is 2.81 bits per heavy atom. The van der Waals surface area contributed by atoms with E-state index in [9.17, 15) is 4.79 Å². The number of carbonyl (C=O) groups is 1. The molecule has 2 rings (SSSR count). The van der Waals surface area contributed by atoms with Crippen molar-refractivity contribution in [1.82, 2.24) is 9.97 Å². The van der Waals surface area contributed by atoms with Gasteiger partial charge in [0.2, 0.25) is 0 Å². The molecule has 0 bridgehead atoms. The Hall–Kier alpha value is -1.27. The maximum absolute atomic E-state index is 11.2. The Balaban J connectivity index is 2.11. The molecule has 2 heterocycles. The predicted octanol–water partition coefficient (Wildman–Crippen LogP) is 2.29. The molecule has 0 aliphatic heterocycles. The van der Waals surface area contributed by atoms with Crippen molar-refractivity contribution < 1.29 is 9.53 Å². The lowest BCUT2D eigenvalue weighted by Crippen LogP contribution is -2.01. The van der Waals surface area contributed by atoms with Gasteiger partial charge >= 0.3 is 5.97 Å². The molecular weight excluding hydrogens is 244 g/mol. The van der Waals surface area contributed by atoms with E-state index in [1.807, 2.05) is 12.3 Å². The first-order chi connectivity index (χ1) is 7.69. The van der Waals surface area contributed by atoms with Crippen LogP contribution in [0.4, 0.5) is 0 Å². The highest BCUT2D eigenvalue weighted by atomic mass is 32.1. The predicted molar refractivity (Wildman–Crippen MR) is 63.1 cm³/mol. The number of esters is 1. The molecule has 0 aliphatic rings. The zero-order valence-electron chi connectivity index (χ0n) is 8.89. The SMILES string of the molecule is COC(=O)c1csc(Cc2csc(C)n2)n1. The summed E-state index contributed by atoms with van der Waals surface area (Å²) in [6.07, 6.45) is 0.673. The number of hydrogen-bond donors (Lipinski definition) is 0. The Labute approximate surface area is 101 Å². The molecule has 6 heteroatoms. The summed E-state index contributed by atoms with van der Waals surface area (Å²) in [6.45, 7) is 1.97. The molecule has 0 amide bonds. The minimum atomic E-state index is -0.392. The average Bonchev–Trinajstić information content (AvgIpc) is 2.87. The second kappa shape index (κ2) is 4.71. The molecule has 0 aliphatic carbocycles. The molecular formula is C10H10N2O2S2. The Bertz CT molecular complexity index is 504. The number of aryl methyl sites for hydroxylation is 1. The van der Waals surface area contributed by atoms with Crippen LogP contribution in [-0.2, 0) is 11.2 Å². The maximum Gasteiger partial charge on any atom is 0.357 e. The minimum Gasteiger partial charge on any atom is -0.464 e. The van der Waals surface area contributed by atoms with Gasteiger partial charge in [0, 0.05) is 17.2 Å². The fourth-order valence-corrected chi connectivity index (χ4v) is 2.63. The zero-order valence-corrected chi connectivity index (χ0v) is 10.5. The van der Waals surface area contributed by atoms with Crippen molar-refractivity contribution in [2.24, 2.45) is 0 Å². The second-order valence-corrected chi connectivity index (χ2v) is 5.16. The highest BCUT2D eigenvalue weighted by molar-refractivity contribution is 7.10. The van der Waals surface area contributed by atoms with Gasteiger partial charge in [0.05, 0.1) is 22.8 Å². The summed E-state index contributed by atoms with van der Waals surface area (Å²) in [5.41, 5.74) is 1.36. The molecule has 2 aromatic rings. The standard InChI is InChI=1S/C10H10N2O2S2/c1-6-11-7(4-15-6)3-9-12-8(5-16-9)10(13)14-2/h4-5H,3H2,1-2H3. The molecule has 0 unspecified atom stereocenters. The van der Waals surface area contributed by atoms with E-state index < -0.39 is 5.97 Å². The van der Waals surface area contributed by atoms with Gasteiger partial charge in [0.15, 0.2) is 5.69 Å². The molecule has 0 fully saturated rings. The van der Waals surface area contributed by atoms with Gasteiger partial charge in [-0.2, -0.15) is 0 Å². The summed E-state index contributed by atoms with van der Waals surface area (Å²) >= 11 is 3.07. The third-order valence-electron chi connectivity index (χ3n) is 1.95. The highest BCUT2D eigenvalue weighted by Crippen LogP contribution is 2.16. The third-order valence-corrected chi connectivity index (χ3v) is 3.62. The van der Waals surface area contributed by atoms with Crippen LogP contribution in [0.3, 0.4) is 0 Å². The second-order valence-electron chi connectivity index (χ2n) is 3.15. The summed E-state index contributed by atoms with van der Waals surface area (Å²) in [5, 5.41) is 5.64. The molecule has 84 valence electrons. The quantitative estimate of drug-likeness (QED) is 0.789. The van der Waals surface area contributed by atoms with E-state index in [0.717, 1.165) is 15.7 Å². The molecule has 0 spiro atoms. The number of ether oxygens (including phenoxy) is 1. The smallest absolute Gasteiger partial charge is 0.357 e. The van der Waals surface area contributed by atoms with Gasteiger partial charge in [-0.25, -0.2) is 14.8 Å². The average molecular weight is 254 g/mol. The fourth-order valence-electron chi connectivity index (χ4n) is 1.23. The van der Waals surface area contributed by atoms with E-state index in [2.05, 4.69) is 14.7 Å². The molecule has 0 atom stereocenters. The first kappa shape index (κ1) is 11.2. The number of thiazole rings is 2. The minimum absolute atomic E-state index is 0.370. The van der Waals surface area contributed by atoms with Crippen molar-refractivity contribution in [3.63, 3.8) is 0 Å². The maximum atomic E-state index is 11.2. The third kappa shape index (κ3) is 2.45. The number of carbonyl (C=O) groups excluding carboxylic acids is 1. The van der Waals surface area contributed by atoms with Crippen LogP contribution in [0.1, 0.15) is 26.2 Å². The van der Waals surface area contributed by atoms with Crippen LogP contribution in [-0.4, -0.2) is 23.0 Å². The van der Waals surface area contributed by atoms with Crippen LogP contribution in [0.15, 0.2) is 10.8 Å². The summed E-state index contributed by atoms with van der Waals surface area (Å²) in [5.74, 6) is -0.392. The van der Waals surface area contributed by atoms with Crippen LogP contribution in [0.5, 0.6) is 0 Å². The fraction of sp³-hybridized carbons (Fsp3) is 0.300. The van der Waals surface area contributed by atoms with Crippen LogP contribution >= 0.6 is 22.7 Å². The van der Waals surface area contributed by atoms with E-state index >= 15 is 0 Å². The molecule has 0 radical (unpaired) electrons. The number of rotatable bonds is 3. The largest absolute Gasteiger partial charge is 0.464 e. The van der Waals surface area contributed by atoms with Crippen LogP contribution in [0, 0.1) is 6.92 Å². The highest BCUT2D eigenvalue weighted by Gasteiger charge is 2.11. The van der Waals surface area contributed by atoms with E-state index in [0.29, 0.717) is 12.1 Å². The van der Waals surface area contributed by atoms with E-state index in [1.165, 1.54) is 18.4 Å². The van der Waals surface area contributed by atoms with Crippen molar-refractivity contribution in [2.45, 2.75) is 13.3 Å². The Morgan fingerprint density at radius 2 is 2.19 bits per heavy atom. The number of methoxy groups -OCH3 is 1. The first-order valence-electron chi connectivity index (χ1n) is 4.63. The molecule has 2 aromatic heterocycles. The zero-order chi connectivity index (χ0) is 11.5. The molecule has 0 saturated carbocycles. The molecule has 4 nitrogen and oxygen atoms in total. The van der Waals surface area contributed by atoms with Crippen LogP contribution < -0.4 is 0 Å². The lowest BCUT2D eigenvalue weighted by Gasteiger charge is -1.92. The van der Waals surface area contributed by atoms with E-state index in [4.69, 9.17) is 0 Å². The van der Waals surface area contributed by atoms with Gasteiger partial charge in [-0.3, -0.25) is 0 Å². The van der Waals surface area contributed by atoms with Crippen molar-refractivity contribution >= 4 is 28.6 Å². The van der Waals surface area contributed by atoms with Gasteiger partial charge in [0.1, 0.15) is 0 Å². The molecule has 0 N–H and O–H groups in total. The van der Waals surface area contributed by atoms with Crippen LogP contribution in [0.2, 0.25) is 0 Å². The van der Waals surface area contributed by atoms with Gasteiger partial charge in [-0.15, -0.1) is 22.7 Å². The van der Waals surface area contributed by atoms with Crippen molar-refractivity contribution in [2.75, 3.05) is 7.11 Å². The lowest BCUT2D eigenvalue weighted by molar-refractivity contribution is 0.0594. The number of hydrogen-bond acceptors (Lipinski definition) is 6. The first-order valence-corrected chi connectivity index (χ1v) is 6.38. The van der Waals surface area contributed by atoms with E-state index in [1.54, 1.807) is 16.7 Å².